The number of nitrogens with zero attached hydrogens (tertiary/aromatic N) is 1. The number of anilines is 1. The summed E-state index contributed by atoms with van der Waals surface area (Å²) in [5, 5.41) is 3.40. The third-order valence-corrected chi connectivity index (χ3v) is 4.18. The molecule has 0 aliphatic carbocycles. The van der Waals surface area contributed by atoms with Gasteiger partial charge in [-0.2, -0.15) is 0 Å². The van der Waals surface area contributed by atoms with Crippen molar-refractivity contribution in [2.45, 2.75) is 11.9 Å². The number of halogens is 1. The topological polar surface area (TPSA) is 38.9 Å². The van der Waals surface area contributed by atoms with Crippen LogP contribution in [0, 0.1) is 0 Å². The Hall–Kier alpha value is -0.710. The van der Waals surface area contributed by atoms with Crippen molar-refractivity contribution < 1.29 is 0 Å². The van der Waals surface area contributed by atoms with Gasteiger partial charge in [-0.05, 0) is 17.9 Å². The van der Waals surface area contributed by atoms with Crippen LogP contribution in [-0.2, 0) is 0 Å². The van der Waals surface area contributed by atoms with Crippen molar-refractivity contribution in [3.63, 3.8) is 0 Å². The van der Waals surface area contributed by atoms with E-state index in [-0.39, 0.29) is 0 Å². The van der Waals surface area contributed by atoms with Gasteiger partial charge in [-0.25, -0.2) is 4.98 Å². The number of hydrogen-bond acceptors (Lipinski definition) is 4. The normalized spacial score (nSPS) is 10.6. The predicted molar refractivity (Wildman–Crippen MR) is 73.4 cm³/mol. The molecule has 0 saturated carbocycles. The van der Waals surface area contributed by atoms with Crippen molar-refractivity contribution in [2.75, 3.05) is 11.5 Å². The fourth-order valence-electron chi connectivity index (χ4n) is 1.27. The van der Waals surface area contributed by atoms with Crippen LogP contribution in [0.2, 0.25) is 5.02 Å². The van der Waals surface area contributed by atoms with Gasteiger partial charge in [-0.1, -0.05) is 42.0 Å². The average Bonchev–Trinajstić information content (AvgIpc) is 2.62. The second-order valence-electron chi connectivity index (χ2n) is 3.13. The van der Waals surface area contributed by atoms with Crippen molar-refractivity contribution in [3.8, 4) is 10.6 Å². The van der Waals surface area contributed by atoms with Crippen LogP contribution in [0.25, 0.3) is 10.6 Å². The van der Waals surface area contributed by atoms with Gasteiger partial charge in [0.2, 0.25) is 0 Å². The lowest BCUT2D eigenvalue weighted by Gasteiger charge is -1.95. The number of nitrogen functional groups attached to an aromatic ring is 1. The smallest absolute Gasteiger partial charge is 0.131 e. The highest BCUT2D eigenvalue weighted by Gasteiger charge is 2.09. The maximum atomic E-state index is 5.90. The molecule has 2 nitrogen and oxygen atoms in total. The lowest BCUT2D eigenvalue weighted by Crippen LogP contribution is -1.82. The summed E-state index contributed by atoms with van der Waals surface area (Å²) in [7, 11) is 0. The maximum absolute atomic E-state index is 5.90. The van der Waals surface area contributed by atoms with E-state index in [4.69, 9.17) is 17.3 Å². The van der Waals surface area contributed by atoms with Crippen LogP contribution in [0.1, 0.15) is 6.92 Å². The first-order chi connectivity index (χ1) is 7.70. The van der Waals surface area contributed by atoms with E-state index in [9.17, 15) is 0 Å². The molecule has 0 radical (unpaired) electrons. The van der Waals surface area contributed by atoms with Crippen molar-refractivity contribution in [3.05, 3.63) is 29.3 Å². The van der Waals surface area contributed by atoms with Gasteiger partial charge in [0.05, 0.1) is 0 Å². The minimum absolute atomic E-state index is 0.733. The van der Waals surface area contributed by atoms with Crippen molar-refractivity contribution in [1.82, 2.24) is 4.98 Å². The Morgan fingerprint density at radius 1 is 1.38 bits per heavy atom. The van der Waals surface area contributed by atoms with Crippen LogP contribution in [0.4, 0.5) is 5.00 Å². The first-order valence-corrected chi connectivity index (χ1v) is 7.03. The van der Waals surface area contributed by atoms with Gasteiger partial charge in [0.15, 0.2) is 0 Å². The van der Waals surface area contributed by atoms with E-state index in [1.165, 1.54) is 11.3 Å². The Morgan fingerprint density at radius 2 is 2.06 bits per heavy atom. The largest absolute Gasteiger partial charge is 0.388 e. The Morgan fingerprint density at radius 3 is 2.69 bits per heavy atom. The molecule has 0 bridgehead atoms. The quantitative estimate of drug-likeness (QED) is 0.852. The number of hydrogen-bond donors (Lipinski definition) is 1. The van der Waals surface area contributed by atoms with Gasteiger partial charge in [-0.3, -0.25) is 0 Å². The number of nitrogens with two attached hydrogens (primary N) is 1. The van der Waals surface area contributed by atoms with E-state index >= 15 is 0 Å². The average molecular weight is 271 g/mol. The van der Waals surface area contributed by atoms with Crippen molar-refractivity contribution in [1.29, 1.82) is 0 Å². The van der Waals surface area contributed by atoms with Gasteiger partial charge in [0, 0.05) is 10.6 Å². The molecule has 0 saturated heterocycles. The Kier molecular flexibility index (Phi) is 3.74. The first kappa shape index (κ1) is 11.8. The number of thiazole rings is 1. The van der Waals surface area contributed by atoms with E-state index in [1.807, 2.05) is 24.3 Å². The molecule has 0 unspecified atom stereocenters. The van der Waals surface area contributed by atoms with Crippen molar-refractivity contribution in [2.24, 2.45) is 0 Å². The molecule has 0 aliphatic rings. The summed E-state index contributed by atoms with van der Waals surface area (Å²) in [6.45, 7) is 2.09. The second-order valence-corrected chi connectivity index (χ2v) is 5.85. The number of rotatable bonds is 3. The van der Waals surface area contributed by atoms with E-state index in [0.29, 0.717) is 0 Å². The summed E-state index contributed by atoms with van der Waals surface area (Å²) in [5.74, 6) is 0.980. The van der Waals surface area contributed by atoms with Gasteiger partial charge in [0.1, 0.15) is 15.0 Å². The Balaban J connectivity index is 2.33. The van der Waals surface area contributed by atoms with Gasteiger partial charge in [0.25, 0.3) is 0 Å². The van der Waals surface area contributed by atoms with E-state index in [0.717, 1.165) is 31.4 Å². The molecule has 1 aromatic carbocycles. The maximum Gasteiger partial charge on any atom is 0.131 e. The number of aromatic nitrogens is 1. The van der Waals surface area contributed by atoms with Crippen LogP contribution in [0.15, 0.2) is 29.3 Å². The molecule has 2 aromatic rings. The molecule has 0 fully saturated rings. The lowest BCUT2D eigenvalue weighted by atomic mass is 10.2. The molecule has 0 amide bonds. The zero-order valence-corrected chi connectivity index (χ0v) is 11.1. The third-order valence-electron chi connectivity index (χ3n) is 1.99. The molecule has 0 aliphatic heterocycles. The molecule has 2 N–H and O–H groups in total. The summed E-state index contributed by atoms with van der Waals surface area (Å²) >= 11 is 9.02. The standard InChI is InChI=1S/C11H11ClN2S2/c1-2-15-11-9(13)16-10(14-11)7-3-5-8(12)6-4-7/h3-6H,2,13H2,1H3. The fourth-order valence-corrected chi connectivity index (χ4v) is 3.06. The first-order valence-electron chi connectivity index (χ1n) is 4.85. The zero-order valence-electron chi connectivity index (χ0n) is 8.74. The molecule has 84 valence electrons. The summed E-state index contributed by atoms with van der Waals surface area (Å²) < 4.78 is 0. The van der Waals surface area contributed by atoms with Crippen LogP contribution >= 0.6 is 34.7 Å². The van der Waals surface area contributed by atoms with Crippen LogP contribution in [-0.4, -0.2) is 10.7 Å². The fraction of sp³-hybridized carbons (Fsp3) is 0.182. The second kappa shape index (κ2) is 5.08. The SMILES string of the molecule is CCSc1nc(-c2ccc(Cl)cc2)sc1N. The summed E-state index contributed by atoms with van der Waals surface area (Å²) in [5.41, 5.74) is 6.96. The molecule has 16 heavy (non-hydrogen) atoms. The Labute approximate surface area is 108 Å². The molecule has 0 spiro atoms. The molecule has 1 aromatic heterocycles. The van der Waals surface area contributed by atoms with Gasteiger partial charge in [-0.15, -0.1) is 11.8 Å². The summed E-state index contributed by atoms with van der Waals surface area (Å²) in [6.07, 6.45) is 0. The van der Waals surface area contributed by atoms with Gasteiger partial charge < -0.3 is 5.73 Å². The molecule has 2 rings (SSSR count). The summed E-state index contributed by atoms with van der Waals surface area (Å²) in [6, 6.07) is 7.64. The van der Waals surface area contributed by atoms with E-state index in [1.54, 1.807) is 11.8 Å². The van der Waals surface area contributed by atoms with Gasteiger partial charge >= 0.3 is 0 Å². The van der Waals surface area contributed by atoms with Crippen molar-refractivity contribution >= 4 is 39.7 Å². The predicted octanol–water partition coefficient (Wildman–Crippen LogP) is 4.16. The minimum Gasteiger partial charge on any atom is -0.388 e. The highest BCUT2D eigenvalue weighted by Crippen LogP contribution is 2.35. The Bertz CT molecular complexity index is 479. The monoisotopic (exact) mass is 270 g/mol. The molecule has 0 atom stereocenters. The third kappa shape index (κ3) is 2.51. The number of thioether (sulfide) groups is 1. The van der Waals surface area contributed by atoms with E-state index in [2.05, 4.69) is 11.9 Å². The molecule has 5 heteroatoms. The zero-order chi connectivity index (χ0) is 11.5. The molecular formula is C11H11ClN2S2. The highest BCUT2D eigenvalue weighted by molar-refractivity contribution is 7.99. The molecule has 1 heterocycles. The van der Waals surface area contributed by atoms with E-state index < -0.39 is 0 Å². The van der Waals surface area contributed by atoms with Crippen LogP contribution in [0.3, 0.4) is 0 Å². The summed E-state index contributed by atoms with van der Waals surface area (Å²) in [4.78, 5) is 4.51. The molecular weight excluding hydrogens is 260 g/mol. The van der Waals surface area contributed by atoms with Crippen LogP contribution < -0.4 is 5.73 Å². The minimum atomic E-state index is 0.733. The lowest BCUT2D eigenvalue weighted by molar-refractivity contribution is 1.21. The highest BCUT2D eigenvalue weighted by atomic mass is 35.5. The van der Waals surface area contributed by atoms with Crippen LogP contribution in [0.5, 0.6) is 0 Å². The number of benzene rings is 1.